The zero-order valence-corrected chi connectivity index (χ0v) is 12.0. The summed E-state index contributed by atoms with van der Waals surface area (Å²) in [6, 6.07) is 3.88. The first-order valence-electron chi connectivity index (χ1n) is 6.89. The van der Waals surface area contributed by atoms with Gasteiger partial charge in [0.15, 0.2) is 0 Å². The van der Waals surface area contributed by atoms with Crippen molar-refractivity contribution in [1.82, 2.24) is 5.32 Å². The third-order valence-corrected chi connectivity index (χ3v) is 3.37. The number of Topliss-reactive ketones (excluding diaryl/α,β-unsaturated/α-hetero) is 1. The maximum Gasteiger partial charge on any atom is 0.300 e. The molecule has 6 heteroatoms. The average molecular weight is 292 g/mol. The molecule has 0 aromatic heterocycles. The lowest BCUT2D eigenvalue weighted by atomic mass is 10.1. The summed E-state index contributed by atoms with van der Waals surface area (Å²) in [4.78, 5) is 36.5. The van der Waals surface area contributed by atoms with Gasteiger partial charge in [0.1, 0.15) is 12.4 Å². The molecular weight excluding hydrogens is 275 g/mol. The molecule has 1 heterocycles. The van der Waals surface area contributed by atoms with Crippen LogP contribution in [0.4, 0.5) is 10.1 Å². The van der Waals surface area contributed by atoms with Gasteiger partial charge in [-0.2, -0.15) is 0 Å². The topological polar surface area (TPSA) is 66.5 Å². The molecule has 0 saturated heterocycles. The van der Waals surface area contributed by atoms with Gasteiger partial charge in [-0.3, -0.25) is 19.3 Å². The molecule has 1 aromatic carbocycles. The van der Waals surface area contributed by atoms with Gasteiger partial charge >= 0.3 is 0 Å². The monoisotopic (exact) mass is 292 g/mol. The predicted octanol–water partition coefficient (Wildman–Crippen LogP) is 1.66. The number of hydrogen-bond acceptors (Lipinski definition) is 3. The van der Waals surface area contributed by atoms with E-state index in [2.05, 4.69) is 5.32 Å². The third kappa shape index (κ3) is 2.94. The average Bonchev–Trinajstić information content (AvgIpc) is 2.65. The maximum atomic E-state index is 13.8. The zero-order chi connectivity index (χ0) is 15.6. The van der Waals surface area contributed by atoms with Crippen molar-refractivity contribution in [1.29, 1.82) is 0 Å². The molecule has 1 aliphatic rings. The highest BCUT2D eigenvalue weighted by molar-refractivity contribution is 6.52. The summed E-state index contributed by atoms with van der Waals surface area (Å²) in [7, 11) is 0. The standard InChI is InChI=1S/C15H17FN2O3/c1-3-5-9(2)17-12(19)8-18-13-10(14(20)15(18)21)6-4-7-11(13)16/h4,6-7,9H,3,5,8H2,1-2H3,(H,17,19). The second-order valence-electron chi connectivity index (χ2n) is 5.11. The SMILES string of the molecule is CCCC(C)NC(=O)CN1C(=O)C(=O)c2cccc(F)c21. The smallest absolute Gasteiger partial charge is 0.300 e. The van der Waals surface area contributed by atoms with Crippen molar-refractivity contribution in [3.05, 3.63) is 29.6 Å². The summed E-state index contributed by atoms with van der Waals surface area (Å²) in [6.45, 7) is 3.50. The molecule has 2 rings (SSSR count). The molecular formula is C15H17FN2O3. The van der Waals surface area contributed by atoms with E-state index in [4.69, 9.17) is 0 Å². The maximum absolute atomic E-state index is 13.8. The molecule has 0 aliphatic carbocycles. The molecule has 1 aliphatic heterocycles. The van der Waals surface area contributed by atoms with Crippen molar-refractivity contribution in [3.8, 4) is 0 Å². The van der Waals surface area contributed by atoms with E-state index in [9.17, 15) is 18.8 Å². The lowest BCUT2D eigenvalue weighted by molar-refractivity contribution is -0.122. The van der Waals surface area contributed by atoms with Crippen LogP contribution < -0.4 is 10.2 Å². The number of benzene rings is 1. The van der Waals surface area contributed by atoms with Gasteiger partial charge in [-0.1, -0.05) is 19.4 Å². The Morgan fingerprint density at radius 1 is 1.38 bits per heavy atom. The van der Waals surface area contributed by atoms with Gasteiger partial charge < -0.3 is 5.32 Å². The fourth-order valence-electron chi connectivity index (χ4n) is 2.43. The molecule has 0 spiro atoms. The molecule has 0 bridgehead atoms. The van der Waals surface area contributed by atoms with Crippen molar-refractivity contribution in [3.63, 3.8) is 0 Å². The number of nitrogens with zero attached hydrogens (tertiary/aromatic N) is 1. The first kappa shape index (κ1) is 15.2. The second kappa shape index (κ2) is 6.03. The molecule has 0 radical (unpaired) electrons. The fraction of sp³-hybridized carbons (Fsp3) is 0.400. The minimum atomic E-state index is -0.867. The van der Waals surface area contributed by atoms with Crippen LogP contribution in [-0.2, 0) is 9.59 Å². The van der Waals surface area contributed by atoms with Gasteiger partial charge in [-0.05, 0) is 25.5 Å². The lowest BCUT2D eigenvalue weighted by Gasteiger charge is -2.19. The van der Waals surface area contributed by atoms with Gasteiger partial charge in [0.2, 0.25) is 5.91 Å². The van der Waals surface area contributed by atoms with Crippen LogP contribution in [0.3, 0.4) is 0 Å². The molecule has 1 N–H and O–H groups in total. The summed E-state index contributed by atoms with van der Waals surface area (Å²) < 4.78 is 13.8. The summed E-state index contributed by atoms with van der Waals surface area (Å²) in [5.41, 5.74) is -0.0970. The molecule has 1 aromatic rings. The highest BCUT2D eigenvalue weighted by atomic mass is 19.1. The first-order chi connectivity index (χ1) is 9.95. The second-order valence-corrected chi connectivity index (χ2v) is 5.11. The van der Waals surface area contributed by atoms with Crippen molar-refractivity contribution < 1.29 is 18.8 Å². The number of ketones is 1. The van der Waals surface area contributed by atoms with E-state index < -0.39 is 23.4 Å². The number of fused-ring (bicyclic) bond motifs is 1. The molecule has 5 nitrogen and oxygen atoms in total. The Labute approximate surface area is 122 Å². The molecule has 1 unspecified atom stereocenters. The number of rotatable bonds is 5. The normalized spacial score (nSPS) is 15.1. The third-order valence-electron chi connectivity index (χ3n) is 3.37. The number of para-hydroxylation sites is 1. The van der Waals surface area contributed by atoms with E-state index in [1.54, 1.807) is 0 Å². The van der Waals surface area contributed by atoms with Gasteiger partial charge in [-0.15, -0.1) is 0 Å². The quantitative estimate of drug-likeness (QED) is 0.839. The van der Waals surface area contributed by atoms with Crippen LogP contribution in [0.1, 0.15) is 37.0 Å². The van der Waals surface area contributed by atoms with Crippen molar-refractivity contribution in [2.75, 3.05) is 11.4 Å². The number of hydrogen-bond donors (Lipinski definition) is 1. The number of halogens is 1. The zero-order valence-electron chi connectivity index (χ0n) is 12.0. The molecule has 0 saturated carbocycles. The van der Waals surface area contributed by atoms with E-state index in [1.807, 2.05) is 13.8 Å². The summed E-state index contributed by atoms with van der Waals surface area (Å²) in [5.74, 6) is -2.73. The van der Waals surface area contributed by atoms with E-state index in [0.29, 0.717) is 0 Å². The van der Waals surface area contributed by atoms with E-state index >= 15 is 0 Å². The highest BCUT2D eigenvalue weighted by Gasteiger charge is 2.38. The Morgan fingerprint density at radius 3 is 2.76 bits per heavy atom. The predicted molar refractivity (Wildman–Crippen MR) is 75.6 cm³/mol. The van der Waals surface area contributed by atoms with E-state index in [-0.39, 0.29) is 23.8 Å². The lowest BCUT2D eigenvalue weighted by Crippen LogP contribution is -2.43. The first-order valence-corrected chi connectivity index (χ1v) is 6.89. The number of anilines is 1. The van der Waals surface area contributed by atoms with Crippen molar-refractivity contribution in [2.24, 2.45) is 0 Å². The van der Waals surface area contributed by atoms with E-state index in [1.165, 1.54) is 12.1 Å². The van der Waals surface area contributed by atoms with Gasteiger partial charge in [-0.25, -0.2) is 4.39 Å². The van der Waals surface area contributed by atoms with Gasteiger partial charge in [0.25, 0.3) is 11.7 Å². The molecule has 112 valence electrons. The van der Waals surface area contributed by atoms with Crippen LogP contribution in [0.5, 0.6) is 0 Å². The van der Waals surface area contributed by atoms with Gasteiger partial charge in [0.05, 0.1) is 11.3 Å². The number of nitrogens with one attached hydrogen (secondary N) is 1. The number of carbonyl (C=O) groups is 3. The van der Waals surface area contributed by atoms with Crippen LogP contribution in [0.15, 0.2) is 18.2 Å². The minimum absolute atomic E-state index is 0.00871. The molecule has 2 amide bonds. The Morgan fingerprint density at radius 2 is 2.10 bits per heavy atom. The van der Waals surface area contributed by atoms with Crippen LogP contribution in [0.25, 0.3) is 0 Å². The Bertz CT molecular complexity index is 601. The van der Waals surface area contributed by atoms with Crippen LogP contribution in [0, 0.1) is 5.82 Å². The van der Waals surface area contributed by atoms with Crippen LogP contribution in [-0.4, -0.2) is 30.2 Å². The largest absolute Gasteiger partial charge is 0.352 e. The summed E-state index contributed by atoms with van der Waals surface area (Å²) >= 11 is 0. The fourth-order valence-corrected chi connectivity index (χ4v) is 2.43. The molecule has 1 atom stereocenters. The van der Waals surface area contributed by atoms with Gasteiger partial charge in [0, 0.05) is 6.04 Å². The number of amides is 2. The number of carbonyl (C=O) groups excluding carboxylic acids is 3. The van der Waals surface area contributed by atoms with Crippen molar-refractivity contribution >= 4 is 23.3 Å². The Balaban J connectivity index is 2.17. The Kier molecular flexibility index (Phi) is 4.35. The molecule has 0 fully saturated rings. The molecule has 21 heavy (non-hydrogen) atoms. The van der Waals surface area contributed by atoms with E-state index in [0.717, 1.165) is 23.8 Å². The van der Waals surface area contributed by atoms with Crippen LogP contribution >= 0.6 is 0 Å². The Hall–Kier alpha value is -2.24. The highest BCUT2D eigenvalue weighted by Crippen LogP contribution is 2.31. The van der Waals surface area contributed by atoms with Crippen molar-refractivity contribution in [2.45, 2.75) is 32.7 Å². The van der Waals surface area contributed by atoms with Crippen LogP contribution in [0.2, 0.25) is 0 Å². The summed E-state index contributed by atoms with van der Waals surface area (Å²) in [5, 5.41) is 2.73. The minimum Gasteiger partial charge on any atom is -0.352 e. The summed E-state index contributed by atoms with van der Waals surface area (Å²) in [6.07, 6.45) is 1.73.